The molecular weight excluding hydrogens is 339 g/mol. The molecule has 8 heteroatoms. The van der Waals surface area contributed by atoms with Crippen molar-refractivity contribution in [3.05, 3.63) is 22.4 Å². The van der Waals surface area contributed by atoms with Gasteiger partial charge < -0.3 is 4.90 Å². The molecule has 1 aliphatic heterocycles. The molecule has 1 saturated heterocycles. The number of nitrogens with zero attached hydrogens (tertiary/aromatic N) is 2. The Bertz CT molecular complexity index is 600. The van der Waals surface area contributed by atoms with Crippen molar-refractivity contribution in [3.8, 4) is 0 Å². The lowest BCUT2D eigenvalue weighted by molar-refractivity contribution is -0.117. The first kappa shape index (κ1) is 14.4. The first-order chi connectivity index (χ1) is 8.78. The highest BCUT2D eigenvalue weighted by Crippen LogP contribution is 2.33. The first-order valence-electron chi connectivity index (χ1n) is 5.61. The van der Waals surface area contributed by atoms with E-state index in [4.69, 9.17) is 0 Å². The predicted molar refractivity (Wildman–Crippen MR) is 72.0 cm³/mol. The summed E-state index contributed by atoms with van der Waals surface area (Å²) < 4.78 is 34.5. The molecule has 5 nitrogen and oxygen atoms in total. The van der Waals surface area contributed by atoms with Crippen molar-refractivity contribution in [2.75, 3.05) is 17.2 Å². The van der Waals surface area contributed by atoms with Gasteiger partial charge in [-0.1, -0.05) is 0 Å². The van der Waals surface area contributed by atoms with Crippen LogP contribution in [0.25, 0.3) is 0 Å². The van der Waals surface area contributed by atoms with E-state index in [9.17, 15) is 17.1 Å². The number of hydrogen-bond donors (Lipinski definition) is 0. The van der Waals surface area contributed by atoms with E-state index in [1.807, 2.05) is 6.92 Å². The van der Waals surface area contributed by atoms with Gasteiger partial charge in [-0.25, -0.2) is 4.98 Å². The van der Waals surface area contributed by atoms with Crippen molar-refractivity contribution >= 4 is 37.7 Å². The Labute approximate surface area is 119 Å². The number of carbonyl (C=O) groups excluding carboxylic acids is 1. The standard InChI is InChI=1S/C11H12BrFN2O3S/c1-7-2-3-14-11(12)10(7)15-5-8(4-9(15)16)6-19(13,17)18/h2-3,8H,4-6H2,1H3. The van der Waals surface area contributed by atoms with Gasteiger partial charge in [0, 0.05) is 25.1 Å². The fourth-order valence-corrected chi connectivity index (χ4v) is 3.66. The minimum atomic E-state index is -4.56. The van der Waals surface area contributed by atoms with Crippen molar-refractivity contribution in [2.45, 2.75) is 13.3 Å². The molecule has 19 heavy (non-hydrogen) atoms. The second-order valence-electron chi connectivity index (χ2n) is 4.55. The topological polar surface area (TPSA) is 67.3 Å². The minimum Gasteiger partial charge on any atom is -0.309 e. The van der Waals surface area contributed by atoms with E-state index in [0.717, 1.165) is 5.56 Å². The molecule has 0 saturated carbocycles. The number of pyridine rings is 1. The Kier molecular flexibility index (Phi) is 3.91. The Morgan fingerprint density at radius 1 is 1.58 bits per heavy atom. The predicted octanol–water partition coefficient (Wildman–Crippen LogP) is 1.80. The number of aryl methyl sites for hydroxylation is 1. The van der Waals surface area contributed by atoms with Gasteiger partial charge in [-0.15, -0.1) is 3.89 Å². The molecule has 1 aromatic heterocycles. The van der Waals surface area contributed by atoms with Crippen molar-refractivity contribution in [1.29, 1.82) is 0 Å². The van der Waals surface area contributed by atoms with Crippen molar-refractivity contribution in [2.24, 2.45) is 5.92 Å². The fourth-order valence-electron chi connectivity index (χ4n) is 2.23. The molecule has 2 rings (SSSR count). The van der Waals surface area contributed by atoms with E-state index in [0.29, 0.717) is 10.3 Å². The maximum Gasteiger partial charge on any atom is 0.302 e. The molecule has 0 bridgehead atoms. The summed E-state index contributed by atoms with van der Waals surface area (Å²) in [6.07, 6.45) is 1.64. The van der Waals surface area contributed by atoms with E-state index in [-0.39, 0.29) is 18.9 Å². The smallest absolute Gasteiger partial charge is 0.302 e. The summed E-state index contributed by atoms with van der Waals surface area (Å²) in [4.78, 5) is 17.4. The van der Waals surface area contributed by atoms with Gasteiger partial charge in [0.05, 0.1) is 11.4 Å². The van der Waals surface area contributed by atoms with Crippen LogP contribution in [0.2, 0.25) is 0 Å². The average molecular weight is 351 g/mol. The number of amides is 1. The SMILES string of the molecule is Cc1ccnc(Br)c1N1CC(CS(=O)(=O)F)CC1=O. The van der Waals surface area contributed by atoms with Crippen LogP contribution in [-0.2, 0) is 15.0 Å². The molecular formula is C11H12BrFN2O3S. The van der Waals surface area contributed by atoms with Crippen LogP contribution in [0.5, 0.6) is 0 Å². The zero-order chi connectivity index (χ0) is 14.2. The lowest BCUT2D eigenvalue weighted by Crippen LogP contribution is -2.26. The Morgan fingerprint density at radius 3 is 2.84 bits per heavy atom. The van der Waals surface area contributed by atoms with Crippen LogP contribution in [0, 0.1) is 12.8 Å². The van der Waals surface area contributed by atoms with Crippen LogP contribution in [0.4, 0.5) is 9.57 Å². The van der Waals surface area contributed by atoms with E-state index < -0.39 is 21.9 Å². The summed E-state index contributed by atoms with van der Waals surface area (Å²) in [7, 11) is -4.56. The van der Waals surface area contributed by atoms with Gasteiger partial charge in [0.15, 0.2) is 0 Å². The first-order valence-corrected chi connectivity index (χ1v) is 7.96. The molecule has 1 fully saturated rings. The lowest BCUT2D eigenvalue weighted by Gasteiger charge is -2.19. The Balaban J connectivity index is 2.26. The summed E-state index contributed by atoms with van der Waals surface area (Å²) >= 11 is 3.27. The van der Waals surface area contributed by atoms with E-state index in [1.165, 1.54) is 4.90 Å². The maximum absolute atomic E-state index is 12.7. The zero-order valence-electron chi connectivity index (χ0n) is 10.1. The maximum atomic E-state index is 12.7. The monoisotopic (exact) mass is 350 g/mol. The number of hydrogen-bond acceptors (Lipinski definition) is 4. The largest absolute Gasteiger partial charge is 0.309 e. The molecule has 1 unspecified atom stereocenters. The van der Waals surface area contributed by atoms with Gasteiger partial charge in [0.1, 0.15) is 4.60 Å². The van der Waals surface area contributed by atoms with Crippen LogP contribution >= 0.6 is 15.9 Å². The summed E-state index contributed by atoms with van der Waals surface area (Å²) in [6, 6.07) is 1.76. The van der Waals surface area contributed by atoms with Crippen molar-refractivity contribution in [3.63, 3.8) is 0 Å². The van der Waals surface area contributed by atoms with Gasteiger partial charge in [0.25, 0.3) is 0 Å². The fraction of sp³-hybridized carbons (Fsp3) is 0.455. The van der Waals surface area contributed by atoms with Crippen molar-refractivity contribution in [1.82, 2.24) is 4.98 Å². The molecule has 1 aromatic rings. The second-order valence-corrected chi connectivity index (χ2v) is 6.71. The number of carbonyl (C=O) groups is 1. The molecule has 0 radical (unpaired) electrons. The molecule has 1 amide bonds. The third-order valence-corrected chi connectivity index (χ3v) is 4.44. The van der Waals surface area contributed by atoms with E-state index >= 15 is 0 Å². The average Bonchev–Trinajstić information content (AvgIpc) is 2.56. The molecule has 0 spiro atoms. The molecule has 2 heterocycles. The van der Waals surface area contributed by atoms with Gasteiger partial charge >= 0.3 is 10.2 Å². The van der Waals surface area contributed by atoms with Crippen molar-refractivity contribution < 1.29 is 17.1 Å². The zero-order valence-corrected chi connectivity index (χ0v) is 12.5. The summed E-state index contributed by atoms with van der Waals surface area (Å²) in [5.41, 5.74) is 1.46. The van der Waals surface area contributed by atoms with Crippen LogP contribution < -0.4 is 4.90 Å². The van der Waals surface area contributed by atoms with Gasteiger partial charge in [0.2, 0.25) is 5.91 Å². The lowest BCUT2D eigenvalue weighted by atomic mass is 10.1. The highest BCUT2D eigenvalue weighted by Gasteiger charge is 2.35. The van der Waals surface area contributed by atoms with Gasteiger partial charge in [-0.2, -0.15) is 8.42 Å². The number of anilines is 1. The van der Waals surface area contributed by atoms with Crippen LogP contribution in [-0.4, -0.2) is 31.6 Å². The van der Waals surface area contributed by atoms with E-state index in [2.05, 4.69) is 20.9 Å². The molecule has 104 valence electrons. The second kappa shape index (κ2) is 5.16. The number of aromatic nitrogens is 1. The highest BCUT2D eigenvalue weighted by molar-refractivity contribution is 9.10. The molecule has 1 aliphatic rings. The Morgan fingerprint density at radius 2 is 2.26 bits per heavy atom. The van der Waals surface area contributed by atoms with Crippen LogP contribution in [0.1, 0.15) is 12.0 Å². The quantitative estimate of drug-likeness (QED) is 0.615. The number of halogens is 2. The summed E-state index contributed by atoms with van der Waals surface area (Å²) in [5.74, 6) is -1.36. The molecule has 1 atom stereocenters. The van der Waals surface area contributed by atoms with Crippen LogP contribution in [0.15, 0.2) is 16.9 Å². The van der Waals surface area contributed by atoms with E-state index in [1.54, 1.807) is 12.3 Å². The van der Waals surface area contributed by atoms with Gasteiger partial charge in [-0.3, -0.25) is 4.79 Å². The minimum absolute atomic E-state index is 0.0317. The normalized spacial score (nSPS) is 20.1. The summed E-state index contributed by atoms with van der Waals surface area (Å²) in [5, 5.41) is 0. The molecule has 0 aliphatic carbocycles. The number of rotatable bonds is 3. The Hall–Kier alpha value is -1.02. The summed E-state index contributed by atoms with van der Waals surface area (Å²) in [6.45, 7) is 2.02. The molecule has 0 N–H and O–H groups in total. The highest BCUT2D eigenvalue weighted by atomic mass is 79.9. The molecule has 0 aromatic carbocycles. The van der Waals surface area contributed by atoms with Crippen LogP contribution in [0.3, 0.4) is 0 Å². The third kappa shape index (κ3) is 3.30. The van der Waals surface area contributed by atoms with Gasteiger partial charge in [-0.05, 0) is 34.5 Å². The third-order valence-electron chi connectivity index (χ3n) is 2.99.